The molecule has 2 aromatic carbocycles. The van der Waals surface area contributed by atoms with E-state index in [0.717, 1.165) is 11.4 Å². The molecule has 0 atom stereocenters. The van der Waals surface area contributed by atoms with E-state index >= 15 is 0 Å². The van der Waals surface area contributed by atoms with Crippen LogP contribution in [0.25, 0.3) is 0 Å². The molecule has 0 fully saturated rings. The molecule has 6 heteroatoms. The van der Waals surface area contributed by atoms with Crippen LogP contribution in [0.2, 0.25) is 5.02 Å². The Kier molecular flexibility index (Phi) is 4.16. The maximum Gasteiger partial charge on any atom is 0.249 e. The molecule has 5 nitrogen and oxygen atoms in total. The number of halogens is 1. The topological polar surface area (TPSA) is 62.7 Å². The Morgan fingerprint density at radius 1 is 0.955 bits per heavy atom. The molecule has 3 aromatic rings. The third-order valence-electron chi connectivity index (χ3n) is 2.95. The minimum atomic E-state index is 0.417. The average molecular weight is 312 g/mol. The summed E-state index contributed by atoms with van der Waals surface area (Å²) in [6.45, 7) is 2.04. The Hall–Kier alpha value is -2.66. The molecule has 0 aliphatic carbocycles. The van der Waals surface area contributed by atoms with Crippen LogP contribution in [0.15, 0.2) is 54.7 Å². The van der Waals surface area contributed by atoms with E-state index in [1.165, 1.54) is 5.56 Å². The predicted molar refractivity (Wildman–Crippen MR) is 89.0 cm³/mol. The first-order chi connectivity index (χ1) is 10.7. The fourth-order valence-corrected chi connectivity index (χ4v) is 2.08. The van der Waals surface area contributed by atoms with Crippen LogP contribution in [0.4, 0.5) is 23.1 Å². The highest BCUT2D eigenvalue weighted by molar-refractivity contribution is 6.30. The van der Waals surface area contributed by atoms with Crippen molar-refractivity contribution in [2.24, 2.45) is 0 Å². The fraction of sp³-hybridized carbons (Fsp3) is 0.0625. The van der Waals surface area contributed by atoms with Crippen LogP contribution in [0.5, 0.6) is 0 Å². The molecule has 0 amide bonds. The summed E-state index contributed by atoms with van der Waals surface area (Å²) in [5.74, 6) is 1.04. The minimum absolute atomic E-state index is 0.417. The van der Waals surface area contributed by atoms with Crippen molar-refractivity contribution in [3.8, 4) is 0 Å². The number of hydrogen-bond acceptors (Lipinski definition) is 5. The monoisotopic (exact) mass is 311 g/mol. The van der Waals surface area contributed by atoms with Crippen molar-refractivity contribution in [1.29, 1.82) is 0 Å². The highest BCUT2D eigenvalue weighted by Crippen LogP contribution is 2.18. The van der Waals surface area contributed by atoms with Gasteiger partial charge in [-0.2, -0.15) is 10.1 Å². The van der Waals surface area contributed by atoms with E-state index in [0.29, 0.717) is 16.8 Å². The lowest BCUT2D eigenvalue weighted by Crippen LogP contribution is -2.02. The quantitative estimate of drug-likeness (QED) is 0.751. The number of hydrogen-bond donors (Lipinski definition) is 2. The van der Waals surface area contributed by atoms with E-state index in [1.54, 1.807) is 18.3 Å². The third-order valence-corrected chi connectivity index (χ3v) is 3.20. The first-order valence-corrected chi connectivity index (χ1v) is 7.13. The number of anilines is 4. The van der Waals surface area contributed by atoms with Gasteiger partial charge < -0.3 is 10.6 Å². The lowest BCUT2D eigenvalue weighted by molar-refractivity contribution is 0.982. The van der Waals surface area contributed by atoms with Gasteiger partial charge in [0.15, 0.2) is 5.82 Å². The molecule has 0 unspecified atom stereocenters. The molecule has 2 N–H and O–H groups in total. The van der Waals surface area contributed by atoms with Crippen molar-refractivity contribution < 1.29 is 0 Å². The summed E-state index contributed by atoms with van der Waals surface area (Å²) in [7, 11) is 0. The van der Waals surface area contributed by atoms with Crippen molar-refractivity contribution >= 4 is 34.7 Å². The van der Waals surface area contributed by atoms with Gasteiger partial charge in [-0.25, -0.2) is 0 Å². The van der Waals surface area contributed by atoms with E-state index in [9.17, 15) is 0 Å². The molecule has 0 bridgehead atoms. The molecule has 22 heavy (non-hydrogen) atoms. The predicted octanol–water partition coefficient (Wildman–Crippen LogP) is 4.32. The molecule has 1 aromatic heterocycles. The lowest BCUT2D eigenvalue weighted by atomic mass is 10.2. The highest BCUT2D eigenvalue weighted by atomic mass is 35.5. The average Bonchev–Trinajstić information content (AvgIpc) is 2.50. The van der Waals surface area contributed by atoms with Crippen LogP contribution in [0.1, 0.15) is 5.56 Å². The smallest absolute Gasteiger partial charge is 0.249 e. The van der Waals surface area contributed by atoms with Crippen molar-refractivity contribution in [2.75, 3.05) is 10.6 Å². The Morgan fingerprint density at radius 3 is 2.55 bits per heavy atom. The number of nitrogens with one attached hydrogen (secondary N) is 2. The van der Waals surface area contributed by atoms with E-state index < -0.39 is 0 Å². The van der Waals surface area contributed by atoms with Crippen LogP contribution in [-0.4, -0.2) is 15.2 Å². The summed E-state index contributed by atoms with van der Waals surface area (Å²) in [5.41, 5.74) is 2.98. The molecule has 0 saturated carbocycles. The van der Waals surface area contributed by atoms with Crippen LogP contribution in [0.3, 0.4) is 0 Å². The highest BCUT2D eigenvalue weighted by Gasteiger charge is 2.02. The van der Waals surface area contributed by atoms with E-state index in [-0.39, 0.29) is 0 Å². The summed E-state index contributed by atoms with van der Waals surface area (Å²) < 4.78 is 0. The molecule has 3 rings (SSSR count). The summed E-state index contributed by atoms with van der Waals surface area (Å²) in [5, 5.41) is 14.9. The molecule has 0 aliphatic heterocycles. The van der Waals surface area contributed by atoms with E-state index in [2.05, 4.69) is 25.8 Å². The Morgan fingerprint density at radius 2 is 1.77 bits per heavy atom. The van der Waals surface area contributed by atoms with Gasteiger partial charge >= 0.3 is 0 Å². The molecular formula is C16H14ClN5. The normalized spacial score (nSPS) is 10.3. The van der Waals surface area contributed by atoms with Crippen LogP contribution >= 0.6 is 11.6 Å². The van der Waals surface area contributed by atoms with Gasteiger partial charge in [-0.3, -0.25) is 0 Å². The van der Waals surface area contributed by atoms with Crippen molar-refractivity contribution in [3.05, 3.63) is 65.3 Å². The van der Waals surface area contributed by atoms with Crippen LogP contribution in [0, 0.1) is 6.92 Å². The maximum atomic E-state index is 5.86. The van der Waals surface area contributed by atoms with Gasteiger partial charge in [0.1, 0.15) is 0 Å². The Bertz CT molecular complexity index is 773. The second-order valence-electron chi connectivity index (χ2n) is 4.79. The van der Waals surface area contributed by atoms with Crippen LogP contribution in [-0.2, 0) is 0 Å². The van der Waals surface area contributed by atoms with Crippen molar-refractivity contribution in [1.82, 2.24) is 15.2 Å². The number of benzene rings is 2. The minimum Gasteiger partial charge on any atom is -0.339 e. The number of aryl methyl sites for hydroxylation is 1. The lowest BCUT2D eigenvalue weighted by Gasteiger charge is -2.08. The molecule has 0 aliphatic rings. The van der Waals surface area contributed by atoms with Gasteiger partial charge in [-0.15, -0.1) is 5.10 Å². The third kappa shape index (κ3) is 3.71. The van der Waals surface area contributed by atoms with Gasteiger partial charge in [-0.05, 0) is 48.9 Å². The SMILES string of the molecule is Cc1cccc(Nc2cnnc(Nc3ccc(Cl)cc3)n2)c1. The fourth-order valence-electron chi connectivity index (χ4n) is 1.95. The molecule has 1 heterocycles. The summed E-state index contributed by atoms with van der Waals surface area (Å²) in [6, 6.07) is 15.3. The van der Waals surface area contributed by atoms with Gasteiger partial charge in [0, 0.05) is 16.4 Å². The van der Waals surface area contributed by atoms with Gasteiger partial charge in [-0.1, -0.05) is 23.7 Å². The second-order valence-corrected chi connectivity index (χ2v) is 5.23. The molecular weight excluding hydrogens is 298 g/mol. The Balaban J connectivity index is 1.76. The van der Waals surface area contributed by atoms with Gasteiger partial charge in [0.25, 0.3) is 0 Å². The number of rotatable bonds is 4. The first-order valence-electron chi connectivity index (χ1n) is 6.75. The number of nitrogens with zero attached hydrogens (tertiary/aromatic N) is 3. The maximum absolute atomic E-state index is 5.86. The first kappa shape index (κ1) is 14.3. The second kappa shape index (κ2) is 6.41. The van der Waals surface area contributed by atoms with Crippen molar-refractivity contribution in [2.45, 2.75) is 6.92 Å². The zero-order valence-corrected chi connectivity index (χ0v) is 12.7. The van der Waals surface area contributed by atoms with E-state index in [4.69, 9.17) is 11.6 Å². The molecule has 0 saturated heterocycles. The molecule has 110 valence electrons. The molecule has 0 radical (unpaired) electrons. The Labute approximate surface area is 133 Å². The summed E-state index contributed by atoms with van der Waals surface area (Å²) >= 11 is 5.86. The van der Waals surface area contributed by atoms with Crippen LogP contribution < -0.4 is 10.6 Å². The summed E-state index contributed by atoms with van der Waals surface area (Å²) in [4.78, 5) is 4.39. The zero-order valence-electron chi connectivity index (χ0n) is 11.9. The van der Waals surface area contributed by atoms with Crippen molar-refractivity contribution in [3.63, 3.8) is 0 Å². The molecule has 0 spiro atoms. The standard InChI is InChI=1S/C16H14ClN5/c1-11-3-2-4-14(9-11)19-15-10-18-22-16(21-15)20-13-7-5-12(17)6-8-13/h2-10H,1H3,(H2,19,20,21,22). The summed E-state index contributed by atoms with van der Waals surface area (Å²) in [6.07, 6.45) is 1.58. The zero-order chi connectivity index (χ0) is 15.4. The van der Waals surface area contributed by atoms with Gasteiger partial charge in [0.05, 0.1) is 6.20 Å². The van der Waals surface area contributed by atoms with E-state index in [1.807, 2.05) is 43.3 Å². The van der Waals surface area contributed by atoms with Gasteiger partial charge in [0.2, 0.25) is 5.95 Å². The largest absolute Gasteiger partial charge is 0.339 e. The number of aromatic nitrogens is 3.